The third-order valence-electron chi connectivity index (χ3n) is 5.12. The van der Waals surface area contributed by atoms with E-state index in [1.54, 1.807) is 44.4 Å². The lowest BCUT2D eigenvalue weighted by molar-refractivity contribution is -0.384. The zero-order valence-electron chi connectivity index (χ0n) is 16.9. The molecular weight excluding hydrogens is 374 g/mol. The van der Waals surface area contributed by atoms with Gasteiger partial charge >= 0.3 is 0 Å². The van der Waals surface area contributed by atoms with Crippen molar-refractivity contribution in [1.29, 1.82) is 0 Å². The number of nitro benzene ring substituents is 1. The summed E-state index contributed by atoms with van der Waals surface area (Å²) in [5.41, 5.74) is 1.81. The number of non-ortho nitro benzene ring substituents is 1. The highest BCUT2D eigenvalue weighted by Crippen LogP contribution is 2.30. The van der Waals surface area contributed by atoms with Crippen LogP contribution in [-0.2, 0) is 6.54 Å². The Hall–Kier alpha value is -3.29. The number of nitrogens with zero attached hydrogens (tertiary/aromatic N) is 3. The first-order valence-electron chi connectivity index (χ1n) is 9.44. The SMILES string of the molecule is COc1ccc(CN(C)C(=O)c2cc([N+](=O)[O-])ccc2N2CCCC2)c(OC)c1. The highest BCUT2D eigenvalue weighted by atomic mass is 16.6. The monoisotopic (exact) mass is 399 g/mol. The number of hydrogen-bond donors (Lipinski definition) is 0. The van der Waals surface area contributed by atoms with Crippen molar-refractivity contribution < 1.29 is 19.2 Å². The number of anilines is 1. The third kappa shape index (κ3) is 4.42. The van der Waals surface area contributed by atoms with Crippen molar-refractivity contribution in [3.05, 3.63) is 57.6 Å². The van der Waals surface area contributed by atoms with Gasteiger partial charge in [0.05, 0.1) is 30.4 Å². The van der Waals surface area contributed by atoms with Crippen LogP contribution >= 0.6 is 0 Å². The van der Waals surface area contributed by atoms with Crippen LogP contribution in [0.25, 0.3) is 0 Å². The smallest absolute Gasteiger partial charge is 0.270 e. The molecular formula is C21H25N3O5. The molecule has 0 aromatic heterocycles. The lowest BCUT2D eigenvalue weighted by Crippen LogP contribution is -2.29. The van der Waals surface area contributed by atoms with Crippen molar-refractivity contribution in [3.8, 4) is 11.5 Å². The molecule has 0 bridgehead atoms. The molecule has 2 aromatic carbocycles. The molecule has 1 heterocycles. The number of amides is 1. The molecule has 154 valence electrons. The number of nitro groups is 1. The Balaban J connectivity index is 1.90. The maximum absolute atomic E-state index is 13.2. The summed E-state index contributed by atoms with van der Waals surface area (Å²) in [6.07, 6.45) is 2.09. The molecule has 29 heavy (non-hydrogen) atoms. The normalized spacial score (nSPS) is 13.3. The van der Waals surface area contributed by atoms with E-state index < -0.39 is 4.92 Å². The first-order valence-corrected chi connectivity index (χ1v) is 9.44. The molecule has 3 rings (SSSR count). The van der Waals surface area contributed by atoms with Gasteiger partial charge in [0.15, 0.2) is 0 Å². The van der Waals surface area contributed by atoms with E-state index in [9.17, 15) is 14.9 Å². The van der Waals surface area contributed by atoms with Gasteiger partial charge in [-0.05, 0) is 31.0 Å². The van der Waals surface area contributed by atoms with E-state index in [1.807, 2.05) is 6.07 Å². The Morgan fingerprint density at radius 2 is 1.86 bits per heavy atom. The van der Waals surface area contributed by atoms with Gasteiger partial charge in [0.25, 0.3) is 11.6 Å². The van der Waals surface area contributed by atoms with Crippen LogP contribution in [-0.4, -0.2) is 50.1 Å². The standard InChI is InChI=1S/C21H25N3O5/c1-22(14-15-6-8-17(28-2)13-20(15)29-3)21(25)18-12-16(24(26)27)7-9-19(18)23-10-4-5-11-23/h6-9,12-13H,4-5,10-11,14H2,1-3H3. The minimum absolute atomic E-state index is 0.0910. The van der Waals surface area contributed by atoms with Crippen LogP contribution in [0.15, 0.2) is 36.4 Å². The summed E-state index contributed by atoms with van der Waals surface area (Å²) in [7, 11) is 4.82. The fraction of sp³-hybridized carbons (Fsp3) is 0.381. The molecule has 8 heteroatoms. The van der Waals surface area contributed by atoms with Gasteiger partial charge < -0.3 is 19.3 Å². The maximum Gasteiger partial charge on any atom is 0.270 e. The van der Waals surface area contributed by atoms with E-state index in [2.05, 4.69) is 4.90 Å². The predicted molar refractivity (Wildman–Crippen MR) is 110 cm³/mol. The average Bonchev–Trinajstić information content (AvgIpc) is 3.27. The summed E-state index contributed by atoms with van der Waals surface area (Å²) < 4.78 is 10.6. The van der Waals surface area contributed by atoms with E-state index in [4.69, 9.17) is 9.47 Å². The second kappa shape index (κ2) is 8.81. The van der Waals surface area contributed by atoms with E-state index in [-0.39, 0.29) is 11.6 Å². The number of carbonyl (C=O) groups excluding carboxylic acids is 1. The highest BCUT2D eigenvalue weighted by Gasteiger charge is 2.25. The average molecular weight is 399 g/mol. The zero-order valence-corrected chi connectivity index (χ0v) is 16.9. The molecule has 0 spiro atoms. The molecule has 0 unspecified atom stereocenters. The molecule has 0 aliphatic carbocycles. The van der Waals surface area contributed by atoms with Gasteiger partial charge in [0, 0.05) is 50.4 Å². The number of ether oxygens (including phenoxy) is 2. The van der Waals surface area contributed by atoms with Crippen molar-refractivity contribution in [3.63, 3.8) is 0 Å². The van der Waals surface area contributed by atoms with Crippen LogP contribution in [0.4, 0.5) is 11.4 Å². The summed E-state index contributed by atoms with van der Waals surface area (Å²) in [6.45, 7) is 1.98. The van der Waals surface area contributed by atoms with E-state index in [0.717, 1.165) is 37.2 Å². The molecule has 8 nitrogen and oxygen atoms in total. The minimum Gasteiger partial charge on any atom is -0.497 e. The fourth-order valence-electron chi connectivity index (χ4n) is 3.56. The third-order valence-corrected chi connectivity index (χ3v) is 5.12. The quantitative estimate of drug-likeness (QED) is 0.523. The number of benzene rings is 2. The van der Waals surface area contributed by atoms with E-state index in [0.29, 0.717) is 23.6 Å². The van der Waals surface area contributed by atoms with Gasteiger partial charge in [0.2, 0.25) is 0 Å². The van der Waals surface area contributed by atoms with Crippen LogP contribution in [0.3, 0.4) is 0 Å². The van der Waals surface area contributed by atoms with Gasteiger partial charge in [-0.25, -0.2) is 0 Å². The van der Waals surface area contributed by atoms with Gasteiger partial charge in [-0.2, -0.15) is 0 Å². The van der Waals surface area contributed by atoms with Gasteiger partial charge in [0.1, 0.15) is 11.5 Å². The molecule has 1 amide bonds. The summed E-state index contributed by atoms with van der Waals surface area (Å²) in [6, 6.07) is 9.92. The largest absolute Gasteiger partial charge is 0.497 e. The first kappa shape index (κ1) is 20.4. The van der Waals surface area contributed by atoms with Gasteiger partial charge in [-0.3, -0.25) is 14.9 Å². The lowest BCUT2D eigenvalue weighted by Gasteiger charge is -2.24. The maximum atomic E-state index is 13.2. The highest BCUT2D eigenvalue weighted by molar-refractivity contribution is 6.00. The minimum atomic E-state index is -0.475. The van der Waals surface area contributed by atoms with E-state index in [1.165, 1.54) is 12.1 Å². The summed E-state index contributed by atoms with van der Waals surface area (Å²) >= 11 is 0. The Labute approximate surface area is 169 Å². The Kier molecular flexibility index (Phi) is 6.21. The Morgan fingerprint density at radius 3 is 2.48 bits per heavy atom. The van der Waals surface area contributed by atoms with Crippen molar-refractivity contribution in [2.75, 3.05) is 39.3 Å². The Morgan fingerprint density at radius 1 is 1.14 bits per heavy atom. The molecule has 1 fully saturated rings. The van der Waals surface area contributed by atoms with Crippen LogP contribution in [0, 0.1) is 10.1 Å². The molecule has 2 aromatic rings. The number of rotatable bonds is 7. The number of methoxy groups -OCH3 is 2. The van der Waals surface area contributed by atoms with Crippen molar-refractivity contribution in [2.45, 2.75) is 19.4 Å². The Bertz CT molecular complexity index is 909. The molecule has 0 N–H and O–H groups in total. The van der Waals surface area contributed by atoms with Crippen LogP contribution < -0.4 is 14.4 Å². The molecule has 1 saturated heterocycles. The van der Waals surface area contributed by atoms with Crippen molar-refractivity contribution >= 4 is 17.3 Å². The van der Waals surface area contributed by atoms with Crippen LogP contribution in [0.1, 0.15) is 28.8 Å². The number of hydrogen-bond acceptors (Lipinski definition) is 6. The molecule has 0 radical (unpaired) electrons. The fourth-order valence-corrected chi connectivity index (χ4v) is 3.56. The summed E-state index contributed by atoms with van der Waals surface area (Å²) in [5.74, 6) is 1.01. The molecule has 0 atom stereocenters. The molecule has 0 saturated carbocycles. The van der Waals surface area contributed by atoms with Gasteiger partial charge in [-0.1, -0.05) is 0 Å². The van der Waals surface area contributed by atoms with Gasteiger partial charge in [-0.15, -0.1) is 0 Å². The second-order valence-electron chi connectivity index (χ2n) is 6.99. The molecule has 1 aliphatic heterocycles. The zero-order chi connectivity index (χ0) is 21.0. The van der Waals surface area contributed by atoms with Crippen molar-refractivity contribution in [1.82, 2.24) is 4.90 Å². The van der Waals surface area contributed by atoms with E-state index >= 15 is 0 Å². The second-order valence-corrected chi connectivity index (χ2v) is 6.99. The first-order chi connectivity index (χ1) is 13.9. The van der Waals surface area contributed by atoms with Crippen molar-refractivity contribution in [2.24, 2.45) is 0 Å². The van der Waals surface area contributed by atoms with Crippen LogP contribution in [0.2, 0.25) is 0 Å². The predicted octanol–water partition coefficient (Wildman–Crippen LogP) is 3.48. The summed E-state index contributed by atoms with van der Waals surface area (Å²) in [4.78, 5) is 27.7. The van der Waals surface area contributed by atoms with Crippen LogP contribution in [0.5, 0.6) is 11.5 Å². The topological polar surface area (TPSA) is 85.1 Å². The number of carbonyl (C=O) groups is 1. The lowest BCUT2D eigenvalue weighted by atomic mass is 10.1. The molecule has 1 aliphatic rings. The summed E-state index contributed by atoms with van der Waals surface area (Å²) in [5, 5.41) is 11.3.